The number of aromatic nitrogens is 2. The molecule has 7 heteroatoms. The number of pyridine rings is 1. The molecule has 4 aromatic rings. The molecule has 4 rings (SSSR count). The van der Waals surface area contributed by atoms with Crippen LogP contribution in [0.25, 0.3) is 5.65 Å². The van der Waals surface area contributed by atoms with Gasteiger partial charge in [-0.2, -0.15) is 0 Å². The van der Waals surface area contributed by atoms with E-state index in [-0.39, 0.29) is 6.61 Å². The van der Waals surface area contributed by atoms with Gasteiger partial charge in [0.15, 0.2) is 0 Å². The lowest BCUT2D eigenvalue weighted by Gasteiger charge is -2.10. The van der Waals surface area contributed by atoms with Crippen molar-refractivity contribution in [3.63, 3.8) is 0 Å². The molecule has 0 bridgehead atoms. The number of carbonyl (C=O) groups is 2. The fourth-order valence-corrected chi connectivity index (χ4v) is 2.91. The van der Waals surface area contributed by atoms with Crippen LogP contribution in [0.4, 0.5) is 0 Å². The van der Waals surface area contributed by atoms with Crippen molar-refractivity contribution in [2.24, 2.45) is 0 Å². The van der Waals surface area contributed by atoms with Crippen molar-refractivity contribution in [2.75, 3.05) is 7.11 Å². The second-order valence-corrected chi connectivity index (χ2v) is 6.39. The lowest BCUT2D eigenvalue weighted by atomic mass is 10.2. The summed E-state index contributed by atoms with van der Waals surface area (Å²) in [6.07, 6.45) is 3.78. The number of para-hydroxylation sites is 1. The Morgan fingerprint density at radius 2 is 1.70 bits per heavy atom. The second kappa shape index (κ2) is 8.48. The van der Waals surface area contributed by atoms with Gasteiger partial charge in [-0.3, -0.25) is 0 Å². The zero-order chi connectivity index (χ0) is 20.9. The Hall–Kier alpha value is -4.13. The van der Waals surface area contributed by atoms with Gasteiger partial charge in [-0.15, -0.1) is 0 Å². The van der Waals surface area contributed by atoms with Crippen molar-refractivity contribution in [3.05, 3.63) is 95.9 Å². The molecule has 0 aliphatic heterocycles. The molecule has 0 fully saturated rings. The molecule has 0 aliphatic rings. The van der Waals surface area contributed by atoms with Crippen molar-refractivity contribution >= 4 is 17.6 Å². The molecule has 0 aliphatic carbocycles. The average molecular weight is 402 g/mol. The smallest absolute Gasteiger partial charge is 0.347 e. The molecule has 0 saturated heterocycles. The molecular weight excluding hydrogens is 384 g/mol. The number of esters is 2. The highest BCUT2D eigenvalue weighted by atomic mass is 16.5. The predicted molar refractivity (Wildman–Crippen MR) is 109 cm³/mol. The van der Waals surface area contributed by atoms with E-state index in [0.29, 0.717) is 22.6 Å². The van der Waals surface area contributed by atoms with Crippen LogP contribution in [0.2, 0.25) is 0 Å². The minimum Gasteiger partial charge on any atom is -0.486 e. The minimum absolute atomic E-state index is 0.208. The highest BCUT2D eigenvalue weighted by Crippen LogP contribution is 2.22. The van der Waals surface area contributed by atoms with Crippen LogP contribution in [-0.2, 0) is 11.3 Å². The van der Waals surface area contributed by atoms with Gasteiger partial charge in [0.2, 0.25) is 0 Å². The summed E-state index contributed by atoms with van der Waals surface area (Å²) in [4.78, 5) is 28.6. The van der Waals surface area contributed by atoms with E-state index < -0.39 is 11.9 Å². The van der Waals surface area contributed by atoms with E-state index in [1.165, 1.54) is 31.4 Å². The standard InChI is InChI=1S/C23H18N2O5/c1-28-22(26)16-9-11-18(12-10-16)30-23(27)19-6-2-3-7-20(19)29-15-17-14-25-13-5-4-8-21(25)24-17/h2-14H,15H2,1H3. The van der Waals surface area contributed by atoms with E-state index in [0.717, 1.165) is 11.3 Å². The number of fused-ring (bicyclic) bond motifs is 1. The number of ether oxygens (including phenoxy) is 3. The lowest BCUT2D eigenvalue weighted by molar-refractivity contribution is 0.0600. The SMILES string of the molecule is COC(=O)c1ccc(OC(=O)c2ccccc2OCc2cn3ccccc3n2)cc1. The number of imidazole rings is 1. The van der Waals surface area contributed by atoms with Crippen LogP contribution in [-0.4, -0.2) is 28.4 Å². The second-order valence-electron chi connectivity index (χ2n) is 6.39. The number of nitrogens with zero attached hydrogens (tertiary/aromatic N) is 2. The van der Waals surface area contributed by atoms with Crippen molar-refractivity contribution < 1.29 is 23.8 Å². The van der Waals surface area contributed by atoms with Crippen LogP contribution >= 0.6 is 0 Å². The first kappa shape index (κ1) is 19.2. The average Bonchev–Trinajstić information content (AvgIpc) is 3.21. The first-order valence-electron chi connectivity index (χ1n) is 9.19. The van der Waals surface area contributed by atoms with Crippen LogP contribution in [0.5, 0.6) is 11.5 Å². The molecule has 0 N–H and O–H groups in total. The summed E-state index contributed by atoms with van der Waals surface area (Å²) in [6, 6.07) is 18.7. The first-order valence-corrected chi connectivity index (χ1v) is 9.19. The molecule has 0 spiro atoms. The van der Waals surface area contributed by atoms with Gasteiger partial charge >= 0.3 is 11.9 Å². The maximum Gasteiger partial charge on any atom is 0.347 e. The van der Waals surface area contributed by atoms with Crippen LogP contribution in [0.1, 0.15) is 26.4 Å². The summed E-state index contributed by atoms with van der Waals surface area (Å²) in [5, 5.41) is 0. The summed E-state index contributed by atoms with van der Waals surface area (Å²) in [7, 11) is 1.31. The molecule has 150 valence electrons. The van der Waals surface area contributed by atoms with Crippen LogP contribution in [0.15, 0.2) is 79.1 Å². The number of hydrogen-bond donors (Lipinski definition) is 0. The van der Waals surface area contributed by atoms with Gasteiger partial charge < -0.3 is 18.6 Å². The Morgan fingerprint density at radius 3 is 2.47 bits per heavy atom. The fourth-order valence-electron chi connectivity index (χ4n) is 2.91. The summed E-state index contributed by atoms with van der Waals surface area (Å²) in [5.41, 5.74) is 2.22. The van der Waals surface area contributed by atoms with Crippen molar-refractivity contribution in [2.45, 2.75) is 6.61 Å². The molecule has 0 saturated carbocycles. The van der Waals surface area contributed by atoms with E-state index in [1.807, 2.05) is 35.0 Å². The topological polar surface area (TPSA) is 79.1 Å². The van der Waals surface area contributed by atoms with Gasteiger partial charge in [-0.05, 0) is 48.5 Å². The summed E-state index contributed by atoms with van der Waals surface area (Å²) >= 11 is 0. The van der Waals surface area contributed by atoms with Crippen molar-refractivity contribution in [1.82, 2.24) is 9.38 Å². The summed E-state index contributed by atoms with van der Waals surface area (Å²) in [6.45, 7) is 0.208. The Labute approximate surface area is 172 Å². The van der Waals surface area contributed by atoms with Gasteiger partial charge in [-0.1, -0.05) is 18.2 Å². The Balaban J connectivity index is 1.46. The highest BCUT2D eigenvalue weighted by molar-refractivity contribution is 5.94. The van der Waals surface area contributed by atoms with Gasteiger partial charge in [0.25, 0.3) is 0 Å². The summed E-state index contributed by atoms with van der Waals surface area (Å²) < 4.78 is 17.8. The first-order chi connectivity index (χ1) is 14.6. The maximum atomic E-state index is 12.6. The van der Waals surface area contributed by atoms with Crippen LogP contribution < -0.4 is 9.47 Å². The van der Waals surface area contributed by atoms with E-state index in [4.69, 9.17) is 9.47 Å². The molecule has 30 heavy (non-hydrogen) atoms. The monoisotopic (exact) mass is 402 g/mol. The van der Waals surface area contributed by atoms with Gasteiger partial charge in [0, 0.05) is 12.4 Å². The molecule has 2 aromatic carbocycles. The number of rotatable bonds is 6. The van der Waals surface area contributed by atoms with E-state index >= 15 is 0 Å². The Bertz CT molecular complexity index is 1160. The fraction of sp³-hybridized carbons (Fsp3) is 0.0870. The number of hydrogen-bond acceptors (Lipinski definition) is 6. The third-order valence-corrected chi connectivity index (χ3v) is 4.38. The lowest BCUT2D eigenvalue weighted by Crippen LogP contribution is -2.11. The molecule has 0 amide bonds. The van der Waals surface area contributed by atoms with Crippen molar-refractivity contribution in [1.29, 1.82) is 0 Å². The van der Waals surface area contributed by atoms with Gasteiger partial charge in [-0.25, -0.2) is 14.6 Å². The third kappa shape index (κ3) is 4.15. The van der Waals surface area contributed by atoms with Crippen LogP contribution in [0.3, 0.4) is 0 Å². The molecule has 0 atom stereocenters. The van der Waals surface area contributed by atoms with Gasteiger partial charge in [0.1, 0.15) is 29.3 Å². The number of methoxy groups -OCH3 is 1. The molecule has 7 nitrogen and oxygen atoms in total. The predicted octanol–water partition coefficient (Wildman–Crippen LogP) is 3.92. The number of carbonyl (C=O) groups excluding carboxylic acids is 2. The normalized spacial score (nSPS) is 10.6. The maximum absolute atomic E-state index is 12.6. The zero-order valence-electron chi connectivity index (χ0n) is 16.1. The minimum atomic E-state index is -0.564. The number of benzene rings is 2. The van der Waals surface area contributed by atoms with E-state index in [2.05, 4.69) is 9.72 Å². The Morgan fingerprint density at radius 1 is 0.933 bits per heavy atom. The third-order valence-electron chi connectivity index (χ3n) is 4.38. The molecule has 0 unspecified atom stereocenters. The van der Waals surface area contributed by atoms with Crippen molar-refractivity contribution in [3.8, 4) is 11.5 Å². The van der Waals surface area contributed by atoms with E-state index in [9.17, 15) is 9.59 Å². The van der Waals surface area contributed by atoms with Crippen LogP contribution in [0, 0.1) is 0 Å². The molecule has 2 heterocycles. The quantitative estimate of drug-likeness (QED) is 0.359. The van der Waals surface area contributed by atoms with Gasteiger partial charge in [0.05, 0.1) is 18.4 Å². The highest BCUT2D eigenvalue weighted by Gasteiger charge is 2.16. The summed E-state index contributed by atoms with van der Waals surface area (Å²) in [5.74, 6) is -0.321. The van der Waals surface area contributed by atoms with E-state index in [1.54, 1.807) is 24.3 Å². The zero-order valence-corrected chi connectivity index (χ0v) is 16.1. The molecule has 0 radical (unpaired) electrons. The Kier molecular flexibility index (Phi) is 5.43. The molecular formula is C23H18N2O5. The largest absolute Gasteiger partial charge is 0.486 e. The molecule has 2 aromatic heterocycles.